The summed E-state index contributed by atoms with van der Waals surface area (Å²) >= 11 is 0. The molecule has 0 radical (unpaired) electrons. The topological polar surface area (TPSA) is 110 Å². The number of carbonyl (C=O) groups excluding carboxylic acids is 1. The van der Waals surface area contributed by atoms with E-state index in [0.29, 0.717) is 12.5 Å². The van der Waals surface area contributed by atoms with Crippen LogP contribution in [-0.2, 0) is 0 Å². The minimum atomic E-state index is -0.672. The molecule has 1 saturated heterocycles. The van der Waals surface area contributed by atoms with Crippen molar-refractivity contribution in [3.8, 4) is 0 Å². The molecule has 2 heterocycles. The first-order chi connectivity index (χ1) is 15.6. The fraction of sp³-hybridized carbons (Fsp3) is 0.542. The van der Waals surface area contributed by atoms with E-state index in [1.807, 2.05) is 6.07 Å². The number of rotatable bonds is 7. The van der Waals surface area contributed by atoms with Gasteiger partial charge in [0.05, 0.1) is 0 Å². The van der Waals surface area contributed by atoms with Crippen LogP contribution in [0.15, 0.2) is 39.9 Å². The molecule has 4 rings (SSSR count). The molecule has 4 N–H and O–H groups in total. The molecule has 8 heteroatoms. The average molecular weight is 440 g/mol. The molecule has 8 nitrogen and oxygen atoms in total. The van der Waals surface area contributed by atoms with Crippen LogP contribution in [0.5, 0.6) is 0 Å². The summed E-state index contributed by atoms with van der Waals surface area (Å²) < 4.78 is 0. The van der Waals surface area contributed by atoms with Crippen molar-refractivity contribution >= 4 is 11.6 Å². The van der Waals surface area contributed by atoms with Gasteiger partial charge in [0, 0.05) is 19.1 Å². The highest BCUT2D eigenvalue weighted by atomic mass is 16.2. The Kier molecular flexibility index (Phi) is 7.42. The summed E-state index contributed by atoms with van der Waals surface area (Å²) in [6.07, 6.45) is 7.40. The van der Waals surface area contributed by atoms with E-state index in [1.54, 1.807) is 0 Å². The zero-order chi connectivity index (χ0) is 22.3. The Morgan fingerprint density at radius 1 is 0.969 bits per heavy atom. The average Bonchev–Trinajstić information content (AvgIpc) is 2.82. The minimum absolute atomic E-state index is 0.0163. The van der Waals surface area contributed by atoms with Gasteiger partial charge in [-0.25, -0.2) is 4.79 Å². The molecule has 0 bridgehead atoms. The fourth-order valence-corrected chi connectivity index (χ4v) is 4.90. The summed E-state index contributed by atoms with van der Waals surface area (Å²) in [5.74, 6) is 0.104. The lowest BCUT2D eigenvalue weighted by Crippen LogP contribution is -2.41. The fourth-order valence-electron chi connectivity index (χ4n) is 4.90. The van der Waals surface area contributed by atoms with Gasteiger partial charge in [0.1, 0.15) is 11.4 Å². The van der Waals surface area contributed by atoms with E-state index in [4.69, 9.17) is 0 Å². The van der Waals surface area contributed by atoms with Crippen LogP contribution in [0, 0.1) is 0 Å². The number of nitrogens with zero attached hydrogens (tertiary/aromatic N) is 1. The molecule has 1 aromatic heterocycles. The van der Waals surface area contributed by atoms with E-state index in [0.717, 1.165) is 45.3 Å². The highest BCUT2D eigenvalue weighted by Crippen LogP contribution is 2.32. The Balaban J connectivity index is 1.36. The van der Waals surface area contributed by atoms with Gasteiger partial charge >= 0.3 is 5.69 Å². The second-order valence-electron chi connectivity index (χ2n) is 8.92. The quantitative estimate of drug-likeness (QED) is 0.530. The first-order valence-corrected chi connectivity index (χ1v) is 11.8. The van der Waals surface area contributed by atoms with Gasteiger partial charge in [-0.15, -0.1) is 0 Å². The highest BCUT2D eigenvalue weighted by molar-refractivity contribution is 5.97. The first kappa shape index (κ1) is 22.3. The number of hydrogen-bond donors (Lipinski definition) is 4. The number of anilines is 1. The van der Waals surface area contributed by atoms with Gasteiger partial charge in [0.25, 0.3) is 11.5 Å². The SMILES string of the molecule is O=C(NC1CCC(c2ccccc2)CC1)c1[nH]c(=O)[nH]c(=O)c1NCCN1CCCCC1. The van der Waals surface area contributed by atoms with E-state index >= 15 is 0 Å². The maximum Gasteiger partial charge on any atom is 0.326 e. The summed E-state index contributed by atoms with van der Waals surface area (Å²) in [6, 6.07) is 10.5. The number of benzene rings is 1. The van der Waals surface area contributed by atoms with E-state index < -0.39 is 17.2 Å². The number of piperidine rings is 1. The van der Waals surface area contributed by atoms with Crippen LogP contribution in [0.25, 0.3) is 0 Å². The second kappa shape index (κ2) is 10.6. The van der Waals surface area contributed by atoms with E-state index in [9.17, 15) is 14.4 Å². The predicted molar refractivity (Wildman–Crippen MR) is 125 cm³/mol. The first-order valence-electron chi connectivity index (χ1n) is 11.8. The maximum absolute atomic E-state index is 13.0. The largest absolute Gasteiger partial charge is 0.377 e. The lowest BCUT2D eigenvalue weighted by atomic mass is 9.82. The van der Waals surface area contributed by atoms with Crippen molar-refractivity contribution in [2.75, 3.05) is 31.5 Å². The van der Waals surface area contributed by atoms with Gasteiger partial charge in [-0.1, -0.05) is 36.8 Å². The number of carbonyl (C=O) groups is 1. The highest BCUT2D eigenvalue weighted by Gasteiger charge is 2.25. The Labute approximate surface area is 187 Å². The van der Waals surface area contributed by atoms with Gasteiger partial charge in [-0.2, -0.15) is 0 Å². The molecule has 0 spiro atoms. The molecule has 1 aliphatic carbocycles. The van der Waals surface area contributed by atoms with Crippen LogP contribution >= 0.6 is 0 Å². The van der Waals surface area contributed by atoms with Gasteiger partial charge in [-0.3, -0.25) is 14.6 Å². The molecule has 1 aromatic carbocycles. The lowest BCUT2D eigenvalue weighted by molar-refractivity contribution is 0.0921. The van der Waals surface area contributed by atoms with Crippen molar-refractivity contribution in [2.45, 2.75) is 56.9 Å². The summed E-state index contributed by atoms with van der Waals surface area (Å²) in [7, 11) is 0. The summed E-state index contributed by atoms with van der Waals surface area (Å²) in [5, 5.41) is 6.12. The third-order valence-electron chi connectivity index (χ3n) is 6.68. The zero-order valence-corrected chi connectivity index (χ0v) is 18.5. The molecule has 0 unspecified atom stereocenters. The summed E-state index contributed by atoms with van der Waals surface area (Å²) in [6.45, 7) is 3.45. The van der Waals surface area contributed by atoms with Crippen molar-refractivity contribution in [1.82, 2.24) is 20.2 Å². The Bertz CT molecular complexity index is 1000. The molecule has 172 valence electrons. The molecule has 32 heavy (non-hydrogen) atoms. The van der Waals surface area contributed by atoms with Crippen LogP contribution in [-0.4, -0.2) is 53.0 Å². The smallest absolute Gasteiger partial charge is 0.326 e. The number of hydrogen-bond acceptors (Lipinski definition) is 5. The molecule has 0 atom stereocenters. The molecule has 2 aliphatic rings. The third-order valence-corrected chi connectivity index (χ3v) is 6.68. The number of nitrogens with one attached hydrogen (secondary N) is 4. The van der Waals surface area contributed by atoms with Crippen LogP contribution in [0.3, 0.4) is 0 Å². The van der Waals surface area contributed by atoms with Gasteiger partial charge in [-0.05, 0) is 63.1 Å². The van der Waals surface area contributed by atoms with E-state index in [-0.39, 0.29) is 17.4 Å². The maximum atomic E-state index is 13.0. The Morgan fingerprint density at radius 2 is 1.69 bits per heavy atom. The normalized spacial score (nSPS) is 21.8. The number of H-pyrrole nitrogens is 2. The number of likely N-dealkylation sites (tertiary alicyclic amines) is 1. The molecule has 1 amide bonds. The van der Waals surface area contributed by atoms with Crippen LogP contribution in [0.4, 0.5) is 5.69 Å². The Hall–Kier alpha value is -2.87. The standard InChI is InChI=1S/C24H33N5O3/c30-22-20(25-13-16-29-14-5-2-6-15-29)21(27-24(32)28-22)23(31)26-19-11-9-18(10-12-19)17-7-3-1-4-8-17/h1,3-4,7-8,18-19,25H,2,5-6,9-16H2,(H,26,31)(H2,27,28,30,32). The minimum Gasteiger partial charge on any atom is -0.377 e. The molecule has 2 aromatic rings. The zero-order valence-electron chi connectivity index (χ0n) is 18.5. The lowest BCUT2D eigenvalue weighted by Gasteiger charge is -2.29. The van der Waals surface area contributed by atoms with Crippen LogP contribution in [0.1, 0.15) is 66.9 Å². The summed E-state index contributed by atoms with van der Waals surface area (Å²) in [4.78, 5) is 44.3. The van der Waals surface area contributed by atoms with Crippen molar-refractivity contribution in [2.24, 2.45) is 0 Å². The van der Waals surface area contributed by atoms with Gasteiger partial charge < -0.3 is 20.5 Å². The van der Waals surface area contributed by atoms with Crippen LogP contribution in [0.2, 0.25) is 0 Å². The van der Waals surface area contributed by atoms with E-state index in [2.05, 4.69) is 49.8 Å². The monoisotopic (exact) mass is 439 g/mol. The summed E-state index contributed by atoms with van der Waals surface area (Å²) in [5.41, 5.74) is 0.260. The van der Waals surface area contributed by atoms with Gasteiger partial charge in [0.2, 0.25) is 0 Å². The van der Waals surface area contributed by atoms with E-state index in [1.165, 1.54) is 24.8 Å². The van der Waals surface area contributed by atoms with Crippen molar-refractivity contribution < 1.29 is 4.79 Å². The molecule has 1 aliphatic heterocycles. The van der Waals surface area contributed by atoms with Crippen molar-refractivity contribution in [3.63, 3.8) is 0 Å². The molecular formula is C24H33N5O3. The molecule has 1 saturated carbocycles. The predicted octanol–water partition coefficient (Wildman–Crippen LogP) is 2.42. The number of aromatic nitrogens is 2. The third kappa shape index (κ3) is 5.68. The van der Waals surface area contributed by atoms with Crippen LogP contribution < -0.4 is 21.9 Å². The number of aromatic amines is 2. The molecule has 2 fully saturated rings. The van der Waals surface area contributed by atoms with Crippen molar-refractivity contribution in [1.29, 1.82) is 0 Å². The molecular weight excluding hydrogens is 406 g/mol. The van der Waals surface area contributed by atoms with Crippen molar-refractivity contribution in [3.05, 3.63) is 62.4 Å². The second-order valence-corrected chi connectivity index (χ2v) is 8.92. The Morgan fingerprint density at radius 3 is 2.41 bits per heavy atom. The van der Waals surface area contributed by atoms with Gasteiger partial charge in [0.15, 0.2) is 0 Å². The number of amides is 1.